The molecule has 0 aliphatic rings. The highest BCUT2D eigenvalue weighted by molar-refractivity contribution is 5.40. The van der Waals surface area contributed by atoms with Gasteiger partial charge in [-0.15, -0.1) is 5.10 Å². The van der Waals surface area contributed by atoms with E-state index in [0.717, 1.165) is 5.56 Å². The molecule has 0 spiro atoms. The fourth-order valence-electron chi connectivity index (χ4n) is 1.40. The fraction of sp³-hybridized carbons (Fsp3) is 0.200. The normalized spacial score (nSPS) is 11.0. The maximum Gasteiger partial charge on any atom is 0.283 e. The molecule has 0 radical (unpaired) electrons. The van der Waals surface area contributed by atoms with Gasteiger partial charge in [0.15, 0.2) is 0 Å². The van der Waals surface area contributed by atoms with Gasteiger partial charge in [-0.05, 0) is 11.6 Å². The lowest BCUT2D eigenvalue weighted by atomic mass is 10.2. The fourth-order valence-corrected chi connectivity index (χ4v) is 1.40. The molecule has 84 valence electrons. The van der Waals surface area contributed by atoms with Gasteiger partial charge in [0.05, 0.1) is 11.9 Å². The van der Waals surface area contributed by atoms with Crippen LogP contribution in [0.2, 0.25) is 0 Å². The van der Waals surface area contributed by atoms with Gasteiger partial charge in [-0.25, -0.2) is 13.5 Å². The van der Waals surface area contributed by atoms with Crippen molar-refractivity contribution in [3.63, 3.8) is 0 Å². The molecule has 0 saturated carbocycles. The van der Waals surface area contributed by atoms with Crippen LogP contribution in [0.3, 0.4) is 0 Å². The zero-order valence-electron chi connectivity index (χ0n) is 8.35. The Morgan fingerprint density at radius 2 is 2.06 bits per heavy atom. The molecule has 0 atom stereocenters. The van der Waals surface area contributed by atoms with Crippen LogP contribution in [0, 0.1) is 0 Å². The third kappa shape index (κ3) is 1.92. The minimum Gasteiger partial charge on any atom is -0.326 e. The number of alkyl halides is 2. The van der Waals surface area contributed by atoms with Crippen LogP contribution in [0.5, 0.6) is 0 Å². The molecule has 0 unspecified atom stereocenters. The Hall–Kier alpha value is -1.82. The Labute approximate surface area is 90.7 Å². The van der Waals surface area contributed by atoms with Crippen molar-refractivity contribution in [3.05, 3.63) is 41.7 Å². The maximum absolute atomic E-state index is 12.3. The second-order valence-electron chi connectivity index (χ2n) is 3.22. The second kappa shape index (κ2) is 4.36. The minimum atomic E-state index is -2.61. The lowest BCUT2D eigenvalue weighted by Crippen LogP contribution is -2.04. The number of nitrogens with two attached hydrogens (primary N) is 1. The summed E-state index contributed by atoms with van der Waals surface area (Å²) in [6.07, 6.45) is -1.40. The van der Waals surface area contributed by atoms with E-state index in [1.54, 1.807) is 12.1 Å². The van der Waals surface area contributed by atoms with Crippen LogP contribution in [0.25, 0.3) is 5.69 Å². The van der Waals surface area contributed by atoms with Crippen molar-refractivity contribution >= 4 is 0 Å². The summed E-state index contributed by atoms with van der Waals surface area (Å²) in [6.45, 7) is 0.319. The topological polar surface area (TPSA) is 56.7 Å². The van der Waals surface area contributed by atoms with Gasteiger partial charge in [0.2, 0.25) is 0 Å². The van der Waals surface area contributed by atoms with Gasteiger partial charge in [0.25, 0.3) is 6.43 Å². The zero-order valence-corrected chi connectivity index (χ0v) is 8.35. The second-order valence-corrected chi connectivity index (χ2v) is 3.22. The molecule has 1 aromatic carbocycles. The number of benzene rings is 1. The van der Waals surface area contributed by atoms with Crippen molar-refractivity contribution in [2.45, 2.75) is 13.0 Å². The van der Waals surface area contributed by atoms with Crippen molar-refractivity contribution in [2.75, 3.05) is 0 Å². The number of rotatable bonds is 3. The van der Waals surface area contributed by atoms with Crippen molar-refractivity contribution in [2.24, 2.45) is 5.73 Å². The van der Waals surface area contributed by atoms with Crippen LogP contribution in [-0.2, 0) is 6.54 Å². The molecular formula is C10H10F2N4. The van der Waals surface area contributed by atoms with E-state index >= 15 is 0 Å². The van der Waals surface area contributed by atoms with Crippen molar-refractivity contribution < 1.29 is 8.78 Å². The summed E-state index contributed by atoms with van der Waals surface area (Å²) < 4.78 is 26.0. The molecule has 16 heavy (non-hydrogen) atoms. The SMILES string of the molecule is NCc1ccccc1-n1cc(C(F)F)nn1. The lowest BCUT2D eigenvalue weighted by molar-refractivity contribution is 0.146. The Kier molecular flexibility index (Phi) is 2.91. The molecule has 0 aliphatic heterocycles. The van der Waals surface area contributed by atoms with E-state index < -0.39 is 6.43 Å². The quantitative estimate of drug-likeness (QED) is 0.862. The number of nitrogens with zero attached hydrogens (tertiary/aromatic N) is 3. The van der Waals surface area contributed by atoms with Gasteiger partial charge >= 0.3 is 0 Å². The average Bonchev–Trinajstić information content (AvgIpc) is 2.78. The van der Waals surface area contributed by atoms with Crippen LogP contribution in [0.1, 0.15) is 17.7 Å². The molecule has 0 fully saturated rings. The summed E-state index contributed by atoms with van der Waals surface area (Å²) in [5.41, 5.74) is 6.70. The first kappa shape index (κ1) is 10.7. The Balaban J connectivity index is 2.42. The van der Waals surface area contributed by atoms with Gasteiger partial charge in [-0.2, -0.15) is 0 Å². The maximum atomic E-state index is 12.3. The predicted molar refractivity (Wildman–Crippen MR) is 54.2 cm³/mol. The molecule has 0 saturated heterocycles. The van der Waals surface area contributed by atoms with Crippen LogP contribution < -0.4 is 5.73 Å². The Morgan fingerprint density at radius 1 is 1.31 bits per heavy atom. The first-order chi connectivity index (χ1) is 7.72. The van der Waals surface area contributed by atoms with Gasteiger partial charge in [-0.1, -0.05) is 23.4 Å². The molecule has 1 aromatic heterocycles. The predicted octanol–water partition coefficient (Wildman–Crippen LogP) is 1.66. The molecule has 0 bridgehead atoms. The number of halogens is 2. The van der Waals surface area contributed by atoms with Gasteiger partial charge in [0.1, 0.15) is 5.69 Å². The molecule has 2 N–H and O–H groups in total. The summed E-state index contributed by atoms with van der Waals surface area (Å²) in [7, 11) is 0. The number of hydrogen-bond acceptors (Lipinski definition) is 3. The Bertz CT molecular complexity index is 481. The molecule has 0 amide bonds. The highest BCUT2D eigenvalue weighted by Gasteiger charge is 2.13. The summed E-state index contributed by atoms with van der Waals surface area (Å²) in [5, 5.41) is 7.04. The van der Waals surface area contributed by atoms with Gasteiger partial charge in [0, 0.05) is 6.54 Å². The van der Waals surface area contributed by atoms with E-state index in [9.17, 15) is 8.78 Å². The summed E-state index contributed by atoms with van der Waals surface area (Å²) in [5.74, 6) is 0. The molecule has 4 nitrogen and oxygen atoms in total. The van der Waals surface area contributed by atoms with Crippen LogP contribution >= 0.6 is 0 Å². The highest BCUT2D eigenvalue weighted by Crippen LogP contribution is 2.18. The molecule has 0 aliphatic carbocycles. The third-order valence-electron chi connectivity index (χ3n) is 2.19. The highest BCUT2D eigenvalue weighted by atomic mass is 19.3. The molecular weight excluding hydrogens is 214 g/mol. The zero-order chi connectivity index (χ0) is 11.5. The number of para-hydroxylation sites is 1. The van der Waals surface area contributed by atoms with Crippen LogP contribution in [-0.4, -0.2) is 15.0 Å². The first-order valence-corrected chi connectivity index (χ1v) is 4.71. The minimum absolute atomic E-state index is 0.319. The summed E-state index contributed by atoms with van der Waals surface area (Å²) >= 11 is 0. The molecule has 1 heterocycles. The van der Waals surface area contributed by atoms with E-state index in [2.05, 4.69) is 10.3 Å². The monoisotopic (exact) mass is 224 g/mol. The smallest absolute Gasteiger partial charge is 0.283 e. The molecule has 6 heteroatoms. The van der Waals surface area contributed by atoms with Gasteiger partial charge < -0.3 is 5.73 Å². The summed E-state index contributed by atoms with van der Waals surface area (Å²) in [4.78, 5) is 0. The van der Waals surface area contributed by atoms with E-state index in [0.29, 0.717) is 12.2 Å². The van der Waals surface area contributed by atoms with E-state index in [4.69, 9.17) is 5.73 Å². The largest absolute Gasteiger partial charge is 0.326 e. The summed E-state index contributed by atoms with van der Waals surface area (Å²) in [6, 6.07) is 7.19. The van der Waals surface area contributed by atoms with Crippen LogP contribution in [0.15, 0.2) is 30.5 Å². The standard InChI is InChI=1S/C10H10F2N4/c11-10(12)8-6-16(15-14-8)9-4-2-1-3-7(9)5-13/h1-4,6,10H,5,13H2. The van der Waals surface area contributed by atoms with Crippen molar-refractivity contribution in [1.29, 1.82) is 0 Å². The van der Waals surface area contributed by atoms with E-state index in [-0.39, 0.29) is 5.69 Å². The molecule has 2 rings (SSSR count). The first-order valence-electron chi connectivity index (χ1n) is 4.71. The van der Waals surface area contributed by atoms with Crippen molar-refractivity contribution in [3.8, 4) is 5.69 Å². The van der Waals surface area contributed by atoms with Crippen LogP contribution in [0.4, 0.5) is 8.78 Å². The third-order valence-corrected chi connectivity index (χ3v) is 2.19. The van der Waals surface area contributed by atoms with E-state index in [1.807, 2.05) is 12.1 Å². The molecule has 2 aromatic rings. The average molecular weight is 224 g/mol. The lowest BCUT2D eigenvalue weighted by Gasteiger charge is -2.05. The van der Waals surface area contributed by atoms with E-state index in [1.165, 1.54) is 10.9 Å². The van der Waals surface area contributed by atoms with Gasteiger partial charge in [-0.3, -0.25) is 0 Å². The van der Waals surface area contributed by atoms with Crippen molar-refractivity contribution in [1.82, 2.24) is 15.0 Å². The Morgan fingerprint density at radius 3 is 2.69 bits per heavy atom. The number of aromatic nitrogens is 3. The number of hydrogen-bond donors (Lipinski definition) is 1.